The SMILES string of the molecule is Cc1ccccc1SC1=CCOc2c1ccc1ccccc21.c1ccc2c3c(ccc2c1)-c1sc2ccccc2[n+]1CC3. The molecule has 0 N–H and O–H groups in total. The predicted molar refractivity (Wildman–Crippen MR) is 183 cm³/mol. The fourth-order valence-corrected chi connectivity index (χ4v) is 8.55. The summed E-state index contributed by atoms with van der Waals surface area (Å²) in [4.78, 5) is 2.58. The molecule has 0 radical (unpaired) electrons. The van der Waals surface area contributed by atoms with Crippen LogP contribution in [0.5, 0.6) is 5.75 Å². The number of fused-ring (bicyclic) bond motifs is 10. The monoisotopic (exact) mass is 592 g/mol. The third kappa shape index (κ3) is 4.71. The lowest BCUT2D eigenvalue weighted by atomic mass is 9.95. The van der Waals surface area contributed by atoms with Gasteiger partial charge in [-0.25, -0.2) is 0 Å². The number of thioether (sulfide) groups is 1. The topological polar surface area (TPSA) is 13.1 Å². The molecule has 0 amide bonds. The first-order chi connectivity index (χ1) is 21.2. The number of aromatic nitrogens is 1. The maximum Gasteiger partial charge on any atom is 0.270 e. The fraction of sp³-hybridized carbons (Fsp3) is 0.103. The molecule has 2 nitrogen and oxygen atoms in total. The molecule has 3 heterocycles. The van der Waals surface area contributed by atoms with Crippen molar-refractivity contribution in [1.82, 2.24) is 0 Å². The number of hydrogen-bond donors (Lipinski definition) is 0. The highest BCUT2D eigenvalue weighted by molar-refractivity contribution is 8.08. The molecular weight excluding hydrogens is 563 g/mol. The maximum atomic E-state index is 5.95. The Morgan fingerprint density at radius 3 is 2.26 bits per heavy atom. The van der Waals surface area contributed by atoms with Gasteiger partial charge in [0.2, 0.25) is 5.52 Å². The zero-order valence-corrected chi connectivity index (χ0v) is 25.6. The van der Waals surface area contributed by atoms with Gasteiger partial charge in [-0.15, -0.1) is 0 Å². The summed E-state index contributed by atoms with van der Waals surface area (Å²) in [6, 6.07) is 43.3. The summed E-state index contributed by atoms with van der Waals surface area (Å²) < 4.78 is 9.81. The average Bonchev–Trinajstić information content (AvgIpc) is 3.45. The summed E-state index contributed by atoms with van der Waals surface area (Å²) in [6.07, 6.45) is 3.29. The van der Waals surface area contributed by atoms with Crippen LogP contribution in [0.1, 0.15) is 16.7 Å². The van der Waals surface area contributed by atoms with E-state index in [1.807, 2.05) is 23.1 Å². The largest absolute Gasteiger partial charge is 0.488 e. The minimum Gasteiger partial charge on any atom is -0.488 e. The zero-order chi connectivity index (χ0) is 28.8. The Hall–Kier alpha value is -4.38. The van der Waals surface area contributed by atoms with E-state index in [0.29, 0.717) is 6.61 Å². The summed E-state index contributed by atoms with van der Waals surface area (Å²) in [5.41, 5.74) is 6.80. The van der Waals surface area contributed by atoms with Crippen LogP contribution < -0.4 is 9.30 Å². The van der Waals surface area contributed by atoms with Gasteiger partial charge in [-0.05, 0) is 64.6 Å². The van der Waals surface area contributed by atoms with E-state index in [-0.39, 0.29) is 0 Å². The molecule has 9 rings (SSSR count). The number of rotatable bonds is 2. The molecule has 0 bridgehead atoms. The number of para-hydroxylation sites is 1. The lowest BCUT2D eigenvalue weighted by molar-refractivity contribution is -0.658. The van der Waals surface area contributed by atoms with Crippen LogP contribution in [0.25, 0.3) is 47.2 Å². The molecule has 4 heteroatoms. The van der Waals surface area contributed by atoms with Crippen molar-refractivity contribution in [1.29, 1.82) is 0 Å². The molecule has 43 heavy (non-hydrogen) atoms. The van der Waals surface area contributed by atoms with Gasteiger partial charge in [0, 0.05) is 33.2 Å². The van der Waals surface area contributed by atoms with Crippen LogP contribution in [-0.2, 0) is 13.0 Å². The van der Waals surface area contributed by atoms with E-state index in [1.165, 1.54) is 68.8 Å². The molecule has 0 aliphatic carbocycles. The number of hydrogen-bond acceptors (Lipinski definition) is 3. The van der Waals surface area contributed by atoms with Crippen molar-refractivity contribution in [3.63, 3.8) is 0 Å². The first-order valence-electron chi connectivity index (χ1n) is 14.8. The molecule has 0 atom stereocenters. The van der Waals surface area contributed by atoms with Crippen molar-refractivity contribution in [2.75, 3.05) is 6.61 Å². The molecule has 0 unspecified atom stereocenters. The van der Waals surface area contributed by atoms with Gasteiger partial charge < -0.3 is 4.74 Å². The van der Waals surface area contributed by atoms with Crippen molar-refractivity contribution in [2.24, 2.45) is 0 Å². The van der Waals surface area contributed by atoms with E-state index >= 15 is 0 Å². The Morgan fingerprint density at radius 1 is 0.698 bits per heavy atom. The van der Waals surface area contributed by atoms with Gasteiger partial charge in [-0.1, -0.05) is 114 Å². The van der Waals surface area contributed by atoms with Crippen molar-refractivity contribution in [3.05, 3.63) is 144 Å². The highest BCUT2D eigenvalue weighted by Gasteiger charge is 2.29. The highest BCUT2D eigenvalue weighted by atomic mass is 32.2. The molecule has 2 aliphatic rings. The van der Waals surface area contributed by atoms with Gasteiger partial charge in [0.1, 0.15) is 17.1 Å². The summed E-state index contributed by atoms with van der Waals surface area (Å²) in [7, 11) is 0. The normalized spacial score (nSPS) is 13.4. The third-order valence-electron chi connectivity index (χ3n) is 8.42. The van der Waals surface area contributed by atoms with E-state index in [1.54, 1.807) is 0 Å². The molecule has 0 saturated heterocycles. The van der Waals surface area contributed by atoms with Crippen molar-refractivity contribution < 1.29 is 9.30 Å². The number of thiazole rings is 1. The molecule has 7 aromatic rings. The lowest BCUT2D eigenvalue weighted by Gasteiger charge is -2.20. The number of nitrogens with zero attached hydrogens (tertiary/aromatic N) is 1. The smallest absolute Gasteiger partial charge is 0.270 e. The summed E-state index contributed by atoms with van der Waals surface area (Å²) in [5.74, 6) is 1.01. The van der Waals surface area contributed by atoms with E-state index in [4.69, 9.17) is 4.74 Å². The van der Waals surface area contributed by atoms with E-state index in [2.05, 4.69) is 139 Å². The van der Waals surface area contributed by atoms with Crippen LogP contribution in [0, 0.1) is 6.92 Å². The Bertz CT molecular complexity index is 2190. The summed E-state index contributed by atoms with van der Waals surface area (Å²) in [5, 5.41) is 6.59. The third-order valence-corrected chi connectivity index (χ3v) is 10.9. The Labute approximate surface area is 259 Å². The van der Waals surface area contributed by atoms with Crippen molar-refractivity contribution in [3.8, 4) is 16.3 Å². The predicted octanol–water partition coefficient (Wildman–Crippen LogP) is 10.2. The van der Waals surface area contributed by atoms with Gasteiger partial charge >= 0.3 is 0 Å². The highest BCUT2D eigenvalue weighted by Crippen LogP contribution is 2.44. The number of ether oxygens (including phenoxy) is 1. The molecule has 0 fully saturated rings. The second-order valence-electron chi connectivity index (χ2n) is 11.0. The molecule has 1 aromatic heterocycles. The molecular formula is C39H30NOS2+. The summed E-state index contributed by atoms with van der Waals surface area (Å²) >= 11 is 3.74. The van der Waals surface area contributed by atoms with Crippen LogP contribution in [0.15, 0.2) is 132 Å². The standard InChI is InChI=1S/C20H16OS.C19H14NS/c1-14-6-2-5-9-18(14)22-19-12-13-21-20-16-8-4-3-7-15(16)10-11-17(19)20;1-2-6-14-13(5-1)9-10-16-15(14)11-12-20-17-7-3-4-8-18(17)21-19(16)20/h2-12H,13H2,1H3;1-10H,11-12H2/q;+1. The fourth-order valence-electron chi connectivity index (χ4n) is 6.28. The molecule has 0 spiro atoms. The maximum absolute atomic E-state index is 5.95. The van der Waals surface area contributed by atoms with Crippen molar-refractivity contribution >= 4 is 59.8 Å². The van der Waals surface area contributed by atoms with Gasteiger partial charge in [-0.3, -0.25) is 0 Å². The zero-order valence-electron chi connectivity index (χ0n) is 23.9. The Kier molecular flexibility index (Phi) is 6.74. The second-order valence-corrected chi connectivity index (χ2v) is 13.1. The summed E-state index contributed by atoms with van der Waals surface area (Å²) in [6.45, 7) is 3.87. The van der Waals surface area contributed by atoms with Gasteiger partial charge in [0.25, 0.3) is 5.01 Å². The minimum absolute atomic E-state index is 0.634. The molecule has 208 valence electrons. The first-order valence-corrected chi connectivity index (χ1v) is 16.4. The average molecular weight is 593 g/mol. The van der Waals surface area contributed by atoms with Crippen LogP contribution in [-0.4, -0.2) is 6.61 Å². The van der Waals surface area contributed by atoms with Crippen LogP contribution in [0.2, 0.25) is 0 Å². The van der Waals surface area contributed by atoms with E-state index < -0.39 is 0 Å². The van der Waals surface area contributed by atoms with Crippen LogP contribution in [0.3, 0.4) is 0 Å². The van der Waals surface area contributed by atoms with Crippen LogP contribution in [0.4, 0.5) is 0 Å². The minimum atomic E-state index is 0.634. The quantitative estimate of drug-likeness (QED) is 0.185. The number of aryl methyl sites for hydroxylation is 3. The van der Waals surface area contributed by atoms with Crippen LogP contribution >= 0.6 is 23.1 Å². The number of benzene rings is 6. The van der Waals surface area contributed by atoms with E-state index in [0.717, 1.165) is 18.7 Å². The molecule has 6 aromatic carbocycles. The van der Waals surface area contributed by atoms with Gasteiger partial charge in [0.05, 0.1) is 5.56 Å². The van der Waals surface area contributed by atoms with Gasteiger partial charge in [0.15, 0.2) is 6.54 Å². The Morgan fingerprint density at radius 2 is 1.40 bits per heavy atom. The van der Waals surface area contributed by atoms with Gasteiger partial charge in [-0.2, -0.15) is 4.57 Å². The van der Waals surface area contributed by atoms with E-state index in [9.17, 15) is 0 Å². The second kappa shape index (κ2) is 11.0. The Balaban J connectivity index is 0.000000129. The molecule has 0 saturated carbocycles. The molecule has 2 aliphatic heterocycles. The first kappa shape index (κ1) is 26.3. The van der Waals surface area contributed by atoms with Crippen molar-refractivity contribution in [2.45, 2.75) is 24.8 Å². The lowest BCUT2D eigenvalue weighted by Crippen LogP contribution is -2.38.